The smallest absolute Gasteiger partial charge is 0.408 e. The number of carbonyl (C=O) groups is 2. The number of nitrogens with zero attached hydrogens (tertiary/aromatic N) is 2. The van der Waals surface area contributed by atoms with Crippen LogP contribution >= 0.6 is 0 Å². The number of nitrogens with one attached hydrogen (secondary N) is 1. The molecule has 1 aromatic rings. The molecule has 0 aliphatic carbocycles. The van der Waals surface area contributed by atoms with Crippen molar-refractivity contribution in [2.45, 2.75) is 71.7 Å². The highest BCUT2D eigenvalue weighted by atomic mass is 16.6. The molecule has 0 saturated heterocycles. The van der Waals surface area contributed by atoms with Crippen LogP contribution in [0.15, 0.2) is 18.3 Å². The highest BCUT2D eigenvalue weighted by Crippen LogP contribution is 2.27. The molecule has 6 nitrogen and oxygen atoms in total. The van der Waals surface area contributed by atoms with E-state index in [2.05, 4.69) is 9.88 Å². The van der Waals surface area contributed by atoms with E-state index in [-0.39, 0.29) is 18.4 Å². The molecule has 6 heteroatoms. The second-order valence-electron chi connectivity index (χ2n) is 8.08. The van der Waals surface area contributed by atoms with Crippen molar-refractivity contribution in [1.82, 2.24) is 14.8 Å². The van der Waals surface area contributed by atoms with Gasteiger partial charge in [-0.3, -0.25) is 4.79 Å². The van der Waals surface area contributed by atoms with E-state index in [1.54, 1.807) is 0 Å². The SMILES string of the molecule is CC1c2cccn2CCN1C(=O)CC(C)(C)NC(=O)OC(C)(C)C. The fourth-order valence-corrected chi connectivity index (χ4v) is 3.02. The van der Waals surface area contributed by atoms with Crippen molar-refractivity contribution in [3.63, 3.8) is 0 Å². The number of alkyl carbamates (subject to hydrolysis) is 1. The van der Waals surface area contributed by atoms with Gasteiger partial charge in [0.05, 0.1) is 6.04 Å². The zero-order valence-corrected chi connectivity index (χ0v) is 15.5. The van der Waals surface area contributed by atoms with Gasteiger partial charge < -0.3 is 19.5 Å². The van der Waals surface area contributed by atoms with Gasteiger partial charge in [0.2, 0.25) is 5.91 Å². The van der Waals surface area contributed by atoms with Gasteiger partial charge in [-0.25, -0.2) is 4.79 Å². The van der Waals surface area contributed by atoms with Gasteiger partial charge >= 0.3 is 6.09 Å². The highest BCUT2D eigenvalue weighted by Gasteiger charge is 2.33. The van der Waals surface area contributed by atoms with Gasteiger partial charge in [0.1, 0.15) is 5.60 Å². The fraction of sp³-hybridized carbons (Fsp3) is 0.667. The quantitative estimate of drug-likeness (QED) is 0.923. The van der Waals surface area contributed by atoms with E-state index in [9.17, 15) is 9.59 Å². The van der Waals surface area contributed by atoms with Crippen molar-refractivity contribution in [2.75, 3.05) is 6.54 Å². The first kappa shape index (κ1) is 18.4. The maximum Gasteiger partial charge on any atom is 0.408 e. The summed E-state index contributed by atoms with van der Waals surface area (Å²) in [6, 6.07) is 4.10. The zero-order valence-electron chi connectivity index (χ0n) is 15.5. The third-order valence-electron chi connectivity index (χ3n) is 4.09. The van der Waals surface area contributed by atoms with Gasteiger partial charge in [0, 0.05) is 36.9 Å². The summed E-state index contributed by atoms with van der Waals surface area (Å²) in [6.07, 6.45) is 1.78. The van der Waals surface area contributed by atoms with Crippen LogP contribution in [0.3, 0.4) is 0 Å². The Kier molecular flexibility index (Phi) is 4.97. The highest BCUT2D eigenvalue weighted by molar-refractivity contribution is 5.79. The van der Waals surface area contributed by atoms with Crippen LogP contribution in [-0.4, -0.2) is 39.2 Å². The van der Waals surface area contributed by atoms with Crippen molar-refractivity contribution in [3.8, 4) is 0 Å². The minimum atomic E-state index is -0.668. The largest absolute Gasteiger partial charge is 0.444 e. The van der Waals surface area contributed by atoms with E-state index >= 15 is 0 Å². The molecule has 0 fully saturated rings. The van der Waals surface area contributed by atoms with Crippen LogP contribution in [0, 0.1) is 0 Å². The van der Waals surface area contributed by atoms with Crippen molar-refractivity contribution < 1.29 is 14.3 Å². The second kappa shape index (κ2) is 6.49. The van der Waals surface area contributed by atoms with E-state index < -0.39 is 17.2 Å². The molecule has 0 bridgehead atoms. The molecule has 0 aromatic carbocycles. The molecular weight excluding hydrogens is 306 g/mol. The first-order valence-electron chi connectivity index (χ1n) is 8.44. The molecule has 0 radical (unpaired) electrons. The number of fused-ring (bicyclic) bond motifs is 1. The Labute approximate surface area is 144 Å². The summed E-state index contributed by atoms with van der Waals surface area (Å²) in [5.74, 6) is 0.0380. The molecule has 2 amide bonds. The summed E-state index contributed by atoms with van der Waals surface area (Å²) in [6.45, 7) is 12.7. The van der Waals surface area contributed by atoms with Crippen molar-refractivity contribution >= 4 is 12.0 Å². The predicted molar refractivity (Wildman–Crippen MR) is 92.6 cm³/mol. The number of rotatable bonds is 3. The van der Waals surface area contributed by atoms with Crippen LogP contribution in [0.1, 0.15) is 59.7 Å². The molecule has 1 unspecified atom stereocenters. The Morgan fingerprint density at radius 1 is 1.25 bits per heavy atom. The molecule has 1 N–H and O–H groups in total. The minimum absolute atomic E-state index is 0.0380. The van der Waals surface area contributed by atoms with E-state index in [4.69, 9.17) is 4.74 Å². The second-order valence-corrected chi connectivity index (χ2v) is 8.08. The lowest BCUT2D eigenvalue weighted by molar-refractivity contribution is -0.135. The van der Waals surface area contributed by atoms with Crippen LogP contribution in [0.4, 0.5) is 4.79 Å². The Bertz CT molecular complexity index is 613. The number of amides is 2. The standard InChI is InChI=1S/C18H29N3O3/c1-13-14-8-7-9-20(14)10-11-21(13)15(22)12-18(5,6)19-16(23)24-17(2,3)4/h7-9,13H,10-12H2,1-6H3,(H,19,23). The summed E-state index contributed by atoms with van der Waals surface area (Å²) in [7, 11) is 0. The lowest BCUT2D eigenvalue weighted by Gasteiger charge is -2.37. The Hall–Kier alpha value is -1.98. The molecule has 0 spiro atoms. The molecular formula is C18H29N3O3. The number of hydrogen-bond donors (Lipinski definition) is 1. The van der Waals surface area contributed by atoms with Gasteiger partial charge in [-0.05, 0) is 53.7 Å². The molecule has 24 heavy (non-hydrogen) atoms. The van der Waals surface area contributed by atoms with Crippen LogP contribution in [0.25, 0.3) is 0 Å². The first-order chi connectivity index (χ1) is 11.0. The number of hydrogen-bond acceptors (Lipinski definition) is 3. The zero-order chi connectivity index (χ0) is 18.1. The van der Waals surface area contributed by atoms with Crippen molar-refractivity contribution in [3.05, 3.63) is 24.0 Å². The average molecular weight is 335 g/mol. The maximum absolute atomic E-state index is 12.7. The Morgan fingerprint density at radius 3 is 2.54 bits per heavy atom. The molecule has 2 heterocycles. The van der Waals surface area contributed by atoms with E-state index in [0.29, 0.717) is 6.54 Å². The van der Waals surface area contributed by atoms with Gasteiger partial charge in [-0.15, -0.1) is 0 Å². The van der Waals surface area contributed by atoms with E-state index in [0.717, 1.165) is 12.2 Å². The molecule has 2 rings (SSSR count). The summed E-state index contributed by atoms with van der Waals surface area (Å²) >= 11 is 0. The molecule has 0 saturated carbocycles. The number of ether oxygens (including phenoxy) is 1. The molecule has 1 aliphatic rings. The molecule has 1 atom stereocenters. The molecule has 1 aliphatic heterocycles. The van der Waals surface area contributed by atoms with Crippen molar-refractivity contribution in [2.24, 2.45) is 0 Å². The lowest BCUT2D eigenvalue weighted by atomic mass is 9.99. The van der Waals surface area contributed by atoms with Gasteiger partial charge in [0.15, 0.2) is 0 Å². The Balaban J connectivity index is 1.97. The predicted octanol–water partition coefficient (Wildman–Crippen LogP) is 3.08. The molecule has 1 aromatic heterocycles. The monoisotopic (exact) mass is 335 g/mol. The van der Waals surface area contributed by atoms with Gasteiger partial charge in [-0.1, -0.05) is 0 Å². The number of aromatic nitrogens is 1. The summed E-state index contributed by atoms with van der Waals surface area (Å²) in [5.41, 5.74) is -0.0808. The normalized spacial score (nSPS) is 18.1. The topological polar surface area (TPSA) is 63.6 Å². The van der Waals surface area contributed by atoms with Crippen molar-refractivity contribution in [1.29, 1.82) is 0 Å². The van der Waals surface area contributed by atoms with Crippen LogP contribution in [-0.2, 0) is 16.1 Å². The van der Waals surface area contributed by atoms with Crippen LogP contribution in [0.2, 0.25) is 0 Å². The van der Waals surface area contributed by atoms with Gasteiger partial charge in [0.25, 0.3) is 0 Å². The van der Waals surface area contributed by atoms with E-state index in [1.807, 2.05) is 64.8 Å². The van der Waals surface area contributed by atoms with Crippen LogP contribution < -0.4 is 5.32 Å². The maximum atomic E-state index is 12.7. The summed E-state index contributed by atoms with van der Waals surface area (Å²) < 4.78 is 7.46. The first-order valence-corrected chi connectivity index (χ1v) is 8.44. The number of carbonyl (C=O) groups excluding carboxylic acids is 2. The minimum Gasteiger partial charge on any atom is -0.444 e. The molecule has 134 valence electrons. The van der Waals surface area contributed by atoms with Gasteiger partial charge in [-0.2, -0.15) is 0 Å². The Morgan fingerprint density at radius 2 is 1.92 bits per heavy atom. The lowest BCUT2D eigenvalue weighted by Crippen LogP contribution is -2.50. The van der Waals surface area contributed by atoms with E-state index in [1.165, 1.54) is 0 Å². The summed E-state index contributed by atoms with van der Waals surface area (Å²) in [5, 5.41) is 2.80. The van der Waals surface area contributed by atoms with Crippen LogP contribution in [0.5, 0.6) is 0 Å². The summed E-state index contributed by atoms with van der Waals surface area (Å²) in [4.78, 5) is 26.6. The average Bonchev–Trinajstić information content (AvgIpc) is 2.83. The fourth-order valence-electron chi connectivity index (χ4n) is 3.02. The third-order valence-corrected chi connectivity index (χ3v) is 4.09. The third kappa shape index (κ3) is 4.52.